The van der Waals surface area contributed by atoms with E-state index in [4.69, 9.17) is 0 Å². The second kappa shape index (κ2) is 12.2. The Hall–Kier alpha value is -1.26. The van der Waals surface area contributed by atoms with E-state index in [-0.39, 0.29) is 29.9 Å². The third-order valence-corrected chi connectivity index (χ3v) is 3.12. The average Bonchev–Trinajstić information content (AvgIpc) is 2.52. The number of hydrogen-bond acceptors (Lipinski definition) is 3. The van der Waals surface area contributed by atoms with Gasteiger partial charge in [0.05, 0.1) is 0 Å². The van der Waals surface area contributed by atoms with Gasteiger partial charge in [0.1, 0.15) is 0 Å². The summed E-state index contributed by atoms with van der Waals surface area (Å²) in [4.78, 5) is 7.88. The molecule has 0 aromatic carbocycles. The number of hydrogen-bond donors (Lipinski definition) is 2. The van der Waals surface area contributed by atoms with E-state index in [0.29, 0.717) is 18.4 Å². The van der Waals surface area contributed by atoms with Crippen molar-refractivity contribution in [1.82, 2.24) is 15.6 Å². The summed E-state index contributed by atoms with van der Waals surface area (Å²) in [6, 6.07) is 3.18. The SMILES string of the molecule is CN=C(NCCCC(C)C)NCc1ccnc(OCC(F)(F)F)c1.I. The van der Waals surface area contributed by atoms with Gasteiger partial charge in [0, 0.05) is 32.4 Å². The molecule has 0 atom stereocenters. The van der Waals surface area contributed by atoms with Crippen molar-refractivity contribution in [2.45, 2.75) is 39.4 Å². The third kappa shape index (κ3) is 11.8. The highest BCUT2D eigenvalue weighted by Gasteiger charge is 2.28. The normalized spacial score (nSPS) is 11.9. The van der Waals surface area contributed by atoms with Crippen LogP contribution in [-0.2, 0) is 6.54 Å². The van der Waals surface area contributed by atoms with Gasteiger partial charge >= 0.3 is 6.18 Å². The zero-order chi connectivity index (χ0) is 18.0. The van der Waals surface area contributed by atoms with E-state index >= 15 is 0 Å². The standard InChI is InChI=1S/C16H25F3N4O.HI/c1-12(2)5-4-7-22-15(20-3)23-10-13-6-8-21-14(9-13)24-11-16(17,18)19;/h6,8-9,12H,4-5,7,10-11H2,1-3H3,(H2,20,22,23);1H. The molecule has 1 aromatic heterocycles. The number of rotatable bonds is 8. The maximum absolute atomic E-state index is 12.1. The minimum Gasteiger partial charge on any atom is -0.468 e. The van der Waals surface area contributed by atoms with Gasteiger partial charge in [0.2, 0.25) is 5.88 Å². The summed E-state index contributed by atoms with van der Waals surface area (Å²) >= 11 is 0. The Labute approximate surface area is 163 Å². The Bertz CT molecular complexity index is 524. The molecule has 0 aliphatic rings. The summed E-state index contributed by atoms with van der Waals surface area (Å²) < 4.78 is 41.1. The number of halogens is 4. The van der Waals surface area contributed by atoms with Crippen LogP contribution in [0, 0.1) is 5.92 Å². The second-order valence-corrected chi connectivity index (χ2v) is 5.79. The molecule has 1 heterocycles. The Morgan fingerprint density at radius 3 is 2.64 bits per heavy atom. The predicted octanol–water partition coefficient (Wildman–Crippen LogP) is 3.74. The number of guanidine groups is 1. The van der Waals surface area contributed by atoms with E-state index in [2.05, 4.69) is 39.2 Å². The molecule has 0 radical (unpaired) electrons. The van der Waals surface area contributed by atoms with Crippen molar-refractivity contribution < 1.29 is 17.9 Å². The number of pyridine rings is 1. The lowest BCUT2D eigenvalue weighted by atomic mass is 10.1. The van der Waals surface area contributed by atoms with Crippen LogP contribution in [0.1, 0.15) is 32.3 Å². The average molecular weight is 474 g/mol. The molecular weight excluding hydrogens is 448 g/mol. The first-order valence-electron chi connectivity index (χ1n) is 7.89. The van der Waals surface area contributed by atoms with E-state index in [1.807, 2.05) is 0 Å². The van der Waals surface area contributed by atoms with Crippen LogP contribution < -0.4 is 15.4 Å². The zero-order valence-electron chi connectivity index (χ0n) is 14.7. The highest BCUT2D eigenvalue weighted by molar-refractivity contribution is 14.0. The molecule has 25 heavy (non-hydrogen) atoms. The predicted molar refractivity (Wildman–Crippen MR) is 103 cm³/mol. The van der Waals surface area contributed by atoms with E-state index in [9.17, 15) is 13.2 Å². The van der Waals surface area contributed by atoms with Crippen molar-refractivity contribution in [1.29, 1.82) is 0 Å². The molecule has 0 bridgehead atoms. The summed E-state index contributed by atoms with van der Waals surface area (Å²) in [7, 11) is 1.67. The lowest BCUT2D eigenvalue weighted by molar-refractivity contribution is -0.154. The number of ether oxygens (including phenoxy) is 1. The lowest BCUT2D eigenvalue weighted by Crippen LogP contribution is -2.37. The van der Waals surface area contributed by atoms with Gasteiger partial charge in [-0.3, -0.25) is 4.99 Å². The fourth-order valence-corrected chi connectivity index (χ4v) is 1.92. The quantitative estimate of drug-likeness (QED) is 0.261. The molecule has 5 nitrogen and oxygen atoms in total. The molecule has 0 aliphatic carbocycles. The van der Waals surface area contributed by atoms with Gasteiger partial charge in [0.25, 0.3) is 0 Å². The van der Waals surface area contributed by atoms with Crippen LogP contribution >= 0.6 is 24.0 Å². The second-order valence-electron chi connectivity index (χ2n) is 5.79. The maximum Gasteiger partial charge on any atom is 0.422 e. The molecule has 0 saturated heterocycles. The molecule has 9 heteroatoms. The van der Waals surface area contributed by atoms with Gasteiger partial charge in [-0.25, -0.2) is 4.98 Å². The zero-order valence-corrected chi connectivity index (χ0v) is 17.0. The molecule has 0 aliphatic heterocycles. The summed E-state index contributed by atoms with van der Waals surface area (Å²) in [6.07, 6.45) is -0.781. The molecule has 0 saturated carbocycles. The van der Waals surface area contributed by atoms with Crippen LogP contribution in [0.5, 0.6) is 5.88 Å². The first kappa shape index (κ1) is 23.7. The largest absolute Gasteiger partial charge is 0.468 e. The minimum absolute atomic E-state index is 0. The van der Waals surface area contributed by atoms with Gasteiger partial charge in [-0.1, -0.05) is 13.8 Å². The molecule has 2 N–H and O–H groups in total. The smallest absolute Gasteiger partial charge is 0.422 e. The van der Waals surface area contributed by atoms with Gasteiger partial charge in [-0.15, -0.1) is 24.0 Å². The summed E-state index contributed by atoms with van der Waals surface area (Å²) in [5.41, 5.74) is 0.757. The van der Waals surface area contributed by atoms with Crippen LogP contribution in [0.25, 0.3) is 0 Å². The first-order chi connectivity index (χ1) is 11.3. The van der Waals surface area contributed by atoms with Crippen molar-refractivity contribution in [2.24, 2.45) is 10.9 Å². The Balaban J connectivity index is 0.00000576. The van der Waals surface area contributed by atoms with Crippen LogP contribution in [-0.4, -0.2) is 37.3 Å². The van der Waals surface area contributed by atoms with E-state index in [0.717, 1.165) is 24.9 Å². The number of nitrogens with zero attached hydrogens (tertiary/aromatic N) is 2. The Kier molecular flexibility index (Phi) is 11.5. The summed E-state index contributed by atoms with van der Waals surface area (Å²) in [6.45, 7) is 4.22. The van der Waals surface area contributed by atoms with Gasteiger partial charge in [-0.2, -0.15) is 13.2 Å². The topological polar surface area (TPSA) is 58.5 Å². The molecular formula is C16H26F3IN4O. The summed E-state index contributed by atoms with van der Waals surface area (Å²) in [5, 5.41) is 6.30. The van der Waals surface area contributed by atoms with Crippen molar-refractivity contribution in [3.63, 3.8) is 0 Å². The molecule has 0 fully saturated rings. The number of aliphatic imine (C=N–C) groups is 1. The highest BCUT2D eigenvalue weighted by atomic mass is 127. The monoisotopic (exact) mass is 474 g/mol. The van der Waals surface area contributed by atoms with Crippen LogP contribution in [0.3, 0.4) is 0 Å². The lowest BCUT2D eigenvalue weighted by Gasteiger charge is -2.13. The van der Waals surface area contributed by atoms with Crippen LogP contribution in [0.2, 0.25) is 0 Å². The highest BCUT2D eigenvalue weighted by Crippen LogP contribution is 2.17. The fourth-order valence-electron chi connectivity index (χ4n) is 1.92. The van der Waals surface area contributed by atoms with Crippen LogP contribution in [0.4, 0.5) is 13.2 Å². The Morgan fingerprint density at radius 2 is 2.04 bits per heavy atom. The minimum atomic E-state index is -4.38. The number of nitrogens with one attached hydrogen (secondary N) is 2. The van der Waals surface area contributed by atoms with Crippen molar-refractivity contribution in [3.8, 4) is 5.88 Å². The fraction of sp³-hybridized carbons (Fsp3) is 0.625. The van der Waals surface area contributed by atoms with E-state index < -0.39 is 12.8 Å². The molecule has 0 unspecified atom stereocenters. The molecule has 1 aromatic rings. The molecule has 1 rings (SSSR count). The molecule has 144 valence electrons. The van der Waals surface area contributed by atoms with Crippen molar-refractivity contribution >= 4 is 29.9 Å². The molecule has 0 amide bonds. The number of alkyl halides is 3. The maximum atomic E-state index is 12.1. The van der Waals surface area contributed by atoms with E-state index in [1.165, 1.54) is 12.3 Å². The van der Waals surface area contributed by atoms with Gasteiger partial charge < -0.3 is 15.4 Å². The Morgan fingerprint density at radius 1 is 1.32 bits per heavy atom. The first-order valence-corrected chi connectivity index (χ1v) is 7.89. The van der Waals surface area contributed by atoms with Gasteiger partial charge in [0.15, 0.2) is 12.6 Å². The third-order valence-electron chi connectivity index (χ3n) is 3.12. The van der Waals surface area contributed by atoms with E-state index in [1.54, 1.807) is 13.1 Å². The molecule has 0 spiro atoms. The van der Waals surface area contributed by atoms with Crippen LogP contribution in [0.15, 0.2) is 23.3 Å². The van der Waals surface area contributed by atoms with Crippen molar-refractivity contribution in [2.75, 3.05) is 20.2 Å². The number of aromatic nitrogens is 1. The summed E-state index contributed by atoms with van der Waals surface area (Å²) in [5.74, 6) is 1.26. The van der Waals surface area contributed by atoms with Gasteiger partial charge in [-0.05, 0) is 30.4 Å². The van der Waals surface area contributed by atoms with Crippen molar-refractivity contribution in [3.05, 3.63) is 23.9 Å².